The summed E-state index contributed by atoms with van der Waals surface area (Å²) in [4.78, 5) is 22.2. The Morgan fingerprint density at radius 1 is 1.18 bits per heavy atom. The fourth-order valence-corrected chi connectivity index (χ4v) is 5.37. The first kappa shape index (κ1) is 29.5. The normalized spacial score (nSPS) is 16.8. The highest BCUT2D eigenvalue weighted by molar-refractivity contribution is 5.93. The topological polar surface area (TPSA) is 114 Å². The van der Waals surface area contributed by atoms with Crippen LogP contribution in [0, 0.1) is 23.0 Å². The number of carboxylic acid groups (broad SMARTS) is 1. The second kappa shape index (κ2) is 11.5. The Morgan fingerprint density at radius 2 is 1.98 bits per heavy atom. The van der Waals surface area contributed by atoms with Gasteiger partial charge in [-0.3, -0.25) is 4.90 Å². The number of fused-ring (bicyclic) bond motifs is 2. The molecule has 2 aromatic carbocycles. The van der Waals surface area contributed by atoms with E-state index < -0.39 is 47.4 Å². The summed E-state index contributed by atoms with van der Waals surface area (Å²) in [5.74, 6) is -3.35. The number of carboxylic acids is 1. The van der Waals surface area contributed by atoms with Gasteiger partial charge in [0.2, 0.25) is 5.88 Å². The number of nitriles is 1. The first-order valence-electron chi connectivity index (χ1n) is 13.7. The van der Waals surface area contributed by atoms with Gasteiger partial charge in [0.25, 0.3) is 0 Å². The number of pyridine rings is 1. The van der Waals surface area contributed by atoms with Gasteiger partial charge in [0.1, 0.15) is 29.3 Å². The highest BCUT2D eigenvalue weighted by atomic mass is 19.4. The molecule has 2 aliphatic heterocycles. The van der Waals surface area contributed by atoms with Gasteiger partial charge < -0.3 is 19.1 Å². The minimum absolute atomic E-state index is 0.0362. The van der Waals surface area contributed by atoms with Crippen molar-refractivity contribution in [2.45, 2.75) is 51.4 Å². The van der Waals surface area contributed by atoms with Crippen LogP contribution in [0.3, 0.4) is 0 Å². The van der Waals surface area contributed by atoms with Gasteiger partial charge in [-0.1, -0.05) is 6.07 Å². The quantitative estimate of drug-likeness (QED) is 0.269. The predicted molar refractivity (Wildman–Crippen MR) is 144 cm³/mol. The highest BCUT2D eigenvalue weighted by Gasteiger charge is 2.37. The lowest BCUT2D eigenvalue weighted by Crippen LogP contribution is -2.35. The number of aromatic nitrogens is 3. The molecule has 0 saturated carbocycles. The van der Waals surface area contributed by atoms with Gasteiger partial charge in [0, 0.05) is 25.3 Å². The largest absolute Gasteiger partial charge is 0.478 e. The summed E-state index contributed by atoms with van der Waals surface area (Å²) in [5, 5.41) is 18.4. The third-order valence-corrected chi connectivity index (χ3v) is 7.78. The molecule has 2 aromatic heterocycles. The minimum atomic E-state index is -4.77. The molecule has 1 fully saturated rings. The van der Waals surface area contributed by atoms with Crippen LogP contribution in [0.25, 0.3) is 11.0 Å². The lowest BCUT2D eigenvalue weighted by Gasteiger charge is -2.30. The van der Waals surface area contributed by atoms with Gasteiger partial charge in [-0.05, 0) is 48.7 Å². The third-order valence-electron chi connectivity index (χ3n) is 7.78. The Hall–Kier alpha value is -4.61. The fourth-order valence-electron chi connectivity index (χ4n) is 5.37. The minimum Gasteiger partial charge on any atom is -0.478 e. The van der Waals surface area contributed by atoms with Crippen LogP contribution in [0.4, 0.5) is 22.0 Å². The number of hydrogen-bond donors (Lipinski definition) is 1. The molecular formula is C30H24F5N5O4. The molecule has 0 unspecified atom stereocenters. The van der Waals surface area contributed by atoms with Crippen LogP contribution in [0.15, 0.2) is 36.4 Å². The first-order chi connectivity index (χ1) is 21.0. The standard InChI is InChI=1S/C30H24F5N5O4/c31-22-9-16(11-36)1-2-18(22)15-44-28-21(30(33,34)35)10-17-5-7-39(13-24(17)38-28)14-25-37-23-4-3-20(29(41)42)26(32)27(23)40(25)12-19-6-8-43-19/h1-4,9-10,19H,5-8,12-15H2,(H,41,42)/t19-/m0/s1. The Labute approximate surface area is 247 Å². The third kappa shape index (κ3) is 5.68. The van der Waals surface area contributed by atoms with E-state index in [2.05, 4.69) is 9.97 Å². The van der Waals surface area contributed by atoms with Crippen LogP contribution in [-0.2, 0) is 43.6 Å². The number of ether oxygens (including phenoxy) is 2. The number of benzene rings is 2. The van der Waals surface area contributed by atoms with Crippen molar-refractivity contribution in [3.8, 4) is 11.9 Å². The van der Waals surface area contributed by atoms with E-state index in [1.54, 1.807) is 10.6 Å². The number of nitrogens with zero attached hydrogens (tertiary/aromatic N) is 5. The van der Waals surface area contributed by atoms with Crippen molar-refractivity contribution >= 4 is 17.0 Å². The van der Waals surface area contributed by atoms with Crippen LogP contribution >= 0.6 is 0 Å². The zero-order valence-electron chi connectivity index (χ0n) is 23.0. The maximum absolute atomic E-state index is 15.3. The monoisotopic (exact) mass is 613 g/mol. The average molecular weight is 614 g/mol. The molecule has 9 nitrogen and oxygen atoms in total. The van der Waals surface area contributed by atoms with E-state index in [1.807, 2.05) is 4.90 Å². The summed E-state index contributed by atoms with van der Waals surface area (Å²) < 4.78 is 84.1. The molecule has 4 heterocycles. The van der Waals surface area contributed by atoms with Crippen molar-refractivity contribution in [2.24, 2.45) is 0 Å². The molecule has 0 radical (unpaired) electrons. The van der Waals surface area contributed by atoms with Crippen molar-refractivity contribution in [3.05, 3.63) is 87.4 Å². The van der Waals surface area contributed by atoms with Gasteiger partial charge in [0.15, 0.2) is 5.82 Å². The van der Waals surface area contributed by atoms with Crippen LogP contribution in [0.1, 0.15) is 50.6 Å². The molecule has 1 saturated heterocycles. The molecule has 6 rings (SSSR count). The van der Waals surface area contributed by atoms with Crippen molar-refractivity contribution in [2.75, 3.05) is 13.2 Å². The maximum Gasteiger partial charge on any atom is 0.421 e. The summed E-state index contributed by atoms with van der Waals surface area (Å²) >= 11 is 0. The van der Waals surface area contributed by atoms with E-state index >= 15 is 4.39 Å². The lowest BCUT2D eigenvalue weighted by molar-refractivity contribution is -0.139. The van der Waals surface area contributed by atoms with Crippen molar-refractivity contribution in [1.82, 2.24) is 19.4 Å². The van der Waals surface area contributed by atoms with E-state index in [1.165, 1.54) is 18.2 Å². The van der Waals surface area contributed by atoms with E-state index in [0.29, 0.717) is 30.2 Å². The number of alkyl halides is 3. The molecule has 0 aliphatic carbocycles. The molecule has 0 amide bonds. The second-order valence-corrected chi connectivity index (χ2v) is 10.6. The SMILES string of the molecule is N#Cc1ccc(COc2nc3c(cc2C(F)(F)F)CCN(Cc2nc4ccc(C(=O)O)c(F)c4n2C[C@@H]2CCO2)C3)c(F)c1. The van der Waals surface area contributed by atoms with Crippen LogP contribution < -0.4 is 4.74 Å². The molecule has 2 aliphatic rings. The number of rotatable bonds is 8. The van der Waals surface area contributed by atoms with Crippen LogP contribution in [0.2, 0.25) is 0 Å². The van der Waals surface area contributed by atoms with Gasteiger partial charge in [-0.25, -0.2) is 23.5 Å². The first-order valence-corrected chi connectivity index (χ1v) is 13.7. The summed E-state index contributed by atoms with van der Waals surface area (Å²) in [5.41, 5.74) is -0.485. The predicted octanol–water partition coefficient (Wildman–Crippen LogP) is 5.22. The summed E-state index contributed by atoms with van der Waals surface area (Å²) in [6.45, 7) is 0.945. The Morgan fingerprint density at radius 3 is 2.64 bits per heavy atom. The molecule has 0 spiro atoms. The van der Waals surface area contributed by atoms with E-state index in [0.717, 1.165) is 24.6 Å². The molecule has 14 heteroatoms. The zero-order valence-corrected chi connectivity index (χ0v) is 23.0. The van der Waals surface area contributed by atoms with Crippen molar-refractivity contribution < 1.29 is 41.3 Å². The smallest absolute Gasteiger partial charge is 0.421 e. The van der Waals surface area contributed by atoms with Gasteiger partial charge >= 0.3 is 12.1 Å². The molecule has 1 atom stereocenters. The summed E-state index contributed by atoms with van der Waals surface area (Å²) in [7, 11) is 0. The highest BCUT2D eigenvalue weighted by Crippen LogP contribution is 2.38. The molecule has 1 N–H and O–H groups in total. The molecule has 228 valence electrons. The summed E-state index contributed by atoms with van der Waals surface area (Å²) in [6.07, 6.45) is -3.98. The molecule has 44 heavy (non-hydrogen) atoms. The number of aromatic carboxylic acids is 1. The number of halogens is 5. The lowest BCUT2D eigenvalue weighted by atomic mass is 10.0. The Kier molecular flexibility index (Phi) is 7.68. The number of imidazole rings is 1. The number of carbonyl (C=O) groups is 1. The maximum atomic E-state index is 15.3. The van der Waals surface area contributed by atoms with Crippen molar-refractivity contribution in [1.29, 1.82) is 5.26 Å². The Balaban J connectivity index is 1.28. The van der Waals surface area contributed by atoms with Gasteiger partial charge in [0.05, 0.1) is 47.6 Å². The van der Waals surface area contributed by atoms with E-state index in [9.17, 15) is 27.5 Å². The molecule has 0 bridgehead atoms. The molecular weight excluding hydrogens is 589 g/mol. The van der Waals surface area contributed by atoms with Crippen LogP contribution in [0.5, 0.6) is 5.88 Å². The van der Waals surface area contributed by atoms with Crippen LogP contribution in [-0.4, -0.2) is 49.8 Å². The van der Waals surface area contributed by atoms with Gasteiger partial charge in [-0.2, -0.15) is 18.4 Å². The average Bonchev–Trinajstić information content (AvgIpc) is 3.30. The fraction of sp³-hybridized carbons (Fsp3) is 0.333. The van der Waals surface area contributed by atoms with Gasteiger partial charge in [-0.15, -0.1) is 0 Å². The number of hydrogen-bond acceptors (Lipinski definition) is 7. The second-order valence-electron chi connectivity index (χ2n) is 10.6. The van der Waals surface area contributed by atoms with Crippen molar-refractivity contribution in [3.63, 3.8) is 0 Å². The summed E-state index contributed by atoms with van der Waals surface area (Å²) in [6, 6.07) is 8.96. The molecule has 4 aromatic rings. The zero-order chi connectivity index (χ0) is 31.2. The van der Waals surface area contributed by atoms with E-state index in [4.69, 9.17) is 14.7 Å². The van der Waals surface area contributed by atoms with E-state index in [-0.39, 0.29) is 54.3 Å². The Bertz CT molecular complexity index is 1810.